The Bertz CT molecular complexity index is 630. The Labute approximate surface area is 117 Å². The third kappa shape index (κ3) is 3.42. The second-order valence-corrected chi connectivity index (χ2v) is 5.37. The van der Waals surface area contributed by atoms with Crippen molar-refractivity contribution in [2.75, 3.05) is 5.32 Å². The molecule has 0 radical (unpaired) electrons. The molecular formula is C12H10ClFN2O2S. The number of hydrogen-bond donors (Lipinski definition) is 2. The van der Waals surface area contributed by atoms with E-state index in [-0.39, 0.29) is 5.02 Å². The van der Waals surface area contributed by atoms with E-state index in [2.05, 4.69) is 10.3 Å². The lowest BCUT2D eigenvalue weighted by Gasteiger charge is -1.99. The molecule has 0 saturated heterocycles. The molecule has 1 aromatic carbocycles. The smallest absolute Gasteiger partial charge is 0.409 e. The second kappa shape index (κ2) is 5.54. The molecule has 100 valence electrons. The first-order valence-electron chi connectivity index (χ1n) is 5.36. The Kier molecular flexibility index (Phi) is 4.01. The van der Waals surface area contributed by atoms with Gasteiger partial charge in [-0.05, 0) is 24.6 Å². The zero-order valence-electron chi connectivity index (χ0n) is 9.91. The van der Waals surface area contributed by atoms with Gasteiger partial charge in [0.1, 0.15) is 10.8 Å². The molecule has 0 fully saturated rings. The summed E-state index contributed by atoms with van der Waals surface area (Å²) < 4.78 is 13.0. The van der Waals surface area contributed by atoms with Gasteiger partial charge in [-0.2, -0.15) is 0 Å². The highest BCUT2D eigenvalue weighted by atomic mass is 35.5. The number of carboxylic acid groups (broad SMARTS) is 1. The molecule has 2 rings (SSSR count). The number of nitrogens with one attached hydrogen (secondary N) is 1. The Morgan fingerprint density at radius 3 is 2.95 bits per heavy atom. The predicted octanol–water partition coefficient (Wildman–Crippen LogP) is 3.92. The van der Waals surface area contributed by atoms with E-state index in [1.54, 1.807) is 13.0 Å². The van der Waals surface area contributed by atoms with Crippen LogP contribution in [0.5, 0.6) is 0 Å². The molecule has 19 heavy (non-hydrogen) atoms. The van der Waals surface area contributed by atoms with Crippen LogP contribution in [0.2, 0.25) is 5.02 Å². The van der Waals surface area contributed by atoms with Crippen LogP contribution in [0.15, 0.2) is 18.2 Å². The Morgan fingerprint density at radius 1 is 1.58 bits per heavy atom. The number of rotatable bonds is 3. The number of aromatic nitrogens is 1. The molecule has 7 heteroatoms. The van der Waals surface area contributed by atoms with E-state index in [0.717, 1.165) is 10.6 Å². The van der Waals surface area contributed by atoms with Crippen LogP contribution >= 0.6 is 22.9 Å². The van der Waals surface area contributed by atoms with Gasteiger partial charge in [0, 0.05) is 6.42 Å². The standard InChI is InChI=1S/C12H10ClFN2O2S/c1-6-11(16-12(17)18)19-10(15-6)5-7-2-3-9(14)8(13)4-7/h2-4,16H,5H2,1H3,(H,17,18). The highest BCUT2D eigenvalue weighted by Gasteiger charge is 2.11. The van der Waals surface area contributed by atoms with Gasteiger partial charge in [0.05, 0.1) is 15.7 Å². The zero-order chi connectivity index (χ0) is 14.0. The van der Waals surface area contributed by atoms with Gasteiger partial charge in [0.25, 0.3) is 0 Å². The summed E-state index contributed by atoms with van der Waals surface area (Å²) in [5, 5.41) is 12.3. The van der Waals surface area contributed by atoms with Crippen molar-refractivity contribution in [3.63, 3.8) is 0 Å². The molecule has 0 unspecified atom stereocenters. The minimum absolute atomic E-state index is 0.0645. The van der Waals surface area contributed by atoms with Gasteiger partial charge in [0.2, 0.25) is 0 Å². The number of thiazole rings is 1. The molecule has 0 aliphatic heterocycles. The molecule has 0 atom stereocenters. The monoisotopic (exact) mass is 300 g/mol. The highest BCUT2D eigenvalue weighted by Crippen LogP contribution is 2.26. The first-order chi connectivity index (χ1) is 8.95. The quantitative estimate of drug-likeness (QED) is 0.903. The van der Waals surface area contributed by atoms with Crippen LogP contribution < -0.4 is 5.32 Å². The van der Waals surface area contributed by atoms with Crippen LogP contribution in [-0.2, 0) is 6.42 Å². The molecule has 0 spiro atoms. The van der Waals surface area contributed by atoms with Crippen LogP contribution in [0.4, 0.5) is 14.2 Å². The number of aryl methyl sites for hydroxylation is 1. The Morgan fingerprint density at radius 2 is 2.32 bits per heavy atom. The van der Waals surface area contributed by atoms with Crippen molar-refractivity contribution in [2.45, 2.75) is 13.3 Å². The maximum atomic E-state index is 13.0. The van der Waals surface area contributed by atoms with E-state index in [0.29, 0.717) is 17.1 Å². The zero-order valence-corrected chi connectivity index (χ0v) is 11.5. The van der Waals surface area contributed by atoms with Crippen molar-refractivity contribution in [2.24, 2.45) is 0 Å². The van der Waals surface area contributed by atoms with Crippen LogP contribution in [0.1, 0.15) is 16.3 Å². The maximum Gasteiger partial charge on any atom is 0.409 e. The lowest BCUT2D eigenvalue weighted by atomic mass is 10.1. The summed E-state index contributed by atoms with van der Waals surface area (Å²) in [5.74, 6) is -0.464. The van der Waals surface area contributed by atoms with Crippen LogP contribution in [0.3, 0.4) is 0 Å². The van der Waals surface area contributed by atoms with E-state index < -0.39 is 11.9 Å². The van der Waals surface area contributed by atoms with Crippen molar-refractivity contribution in [1.29, 1.82) is 0 Å². The molecule has 2 aromatic rings. The first-order valence-corrected chi connectivity index (χ1v) is 6.55. The number of anilines is 1. The maximum absolute atomic E-state index is 13.0. The summed E-state index contributed by atoms with van der Waals surface area (Å²) in [7, 11) is 0. The molecule has 1 heterocycles. The third-order valence-electron chi connectivity index (χ3n) is 2.40. The molecule has 1 amide bonds. The van der Waals surface area contributed by atoms with Crippen LogP contribution in [0, 0.1) is 12.7 Å². The van der Waals surface area contributed by atoms with Gasteiger partial charge in [-0.25, -0.2) is 14.2 Å². The average molecular weight is 301 g/mol. The van der Waals surface area contributed by atoms with E-state index >= 15 is 0 Å². The summed E-state index contributed by atoms with van der Waals surface area (Å²) in [4.78, 5) is 14.8. The Hall–Kier alpha value is -1.66. The lowest BCUT2D eigenvalue weighted by Crippen LogP contribution is -2.06. The van der Waals surface area contributed by atoms with Gasteiger partial charge < -0.3 is 5.11 Å². The lowest BCUT2D eigenvalue weighted by molar-refractivity contribution is 0.210. The summed E-state index contributed by atoms with van der Waals surface area (Å²) in [6, 6.07) is 4.47. The molecule has 4 nitrogen and oxygen atoms in total. The number of carbonyl (C=O) groups is 1. The molecule has 0 aliphatic rings. The number of nitrogens with zero attached hydrogens (tertiary/aromatic N) is 1. The van der Waals surface area contributed by atoms with Crippen molar-refractivity contribution < 1.29 is 14.3 Å². The topological polar surface area (TPSA) is 62.2 Å². The van der Waals surface area contributed by atoms with E-state index in [1.807, 2.05) is 0 Å². The summed E-state index contributed by atoms with van der Waals surface area (Å²) in [6.45, 7) is 1.73. The first kappa shape index (κ1) is 13.8. The van der Waals surface area contributed by atoms with Gasteiger partial charge in [-0.15, -0.1) is 11.3 Å². The Balaban J connectivity index is 2.19. The summed E-state index contributed by atoms with van der Waals surface area (Å²) in [6.07, 6.45) is -0.643. The van der Waals surface area contributed by atoms with E-state index in [9.17, 15) is 9.18 Å². The SMILES string of the molecule is Cc1nc(Cc2ccc(F)c(Cl)c2)sc1NC(=O)O. The minimum Gasteiger partial charge on any atom is -0.465 e. The summed E-state index contributed by atoms with van der Waals surface area (Å²) >= 11 is 6.96. The molecule has 0 bridgehead atoms. The van der Waals surface area contributed by atoms with Crippen molar-refractivity contribution >= 4 is 34.0 Å². The van der Waals surface area contributed by atoms with E-state index in [1.165, 1.54) is 23.5 Å². The fourth-order valence-electron chi connectivity index (χ4n) is 1.57. The molecule has 2 N–H and O–H groups in total. The molecular weight excluding hydrogens is 291 g/mol. The number of benzene rings is 1. The number of hydrogen-bond acceptors (Lipinski definition) is 3. The van der Waals surface area contributed by atoms with Crippen molar-refractivity contribution in [1.82, 2.24) is 4.98 Å². The van der Waals surface area contributed by atoms with E-state index in [4.69, 9.17) is 16.7 Å². The minimum atomic E-state index is -1.12. The van der Waals surface area contributed by atoms with Crippen LogP contribution in [0.25, 0.3) is 0 Å². The number of halogens is 2. The fourth-order valence-corrected chi connectivity index (χ4v) is 2.76. The van der Waals surface area contributed by atoms with Gasteiger partial charge in [0.15, 0.2) is 0 Å². The summed E-state index contributed by atoms with van der Waals surface area (Å²) in [5.41, 5.74) is 1.44. The average Bonchev–Trinajstić information content (AvgIpc) is 2.64. The second-order valence-electron chi connectivity index (χ2n) is 3.88. The van der Waals surface area contributed by atoms with Crippen molar-refractivity contribution in [3.8, 4) is 0 Å². The molecule has 0 aliphatic carbocycles. The van der Waals surface area contributed by atoms with Crippen LogP contribution in [-0.4, -0.2) is 16.2 Å². The largest absolute Gasteiger partial charge is 0.465 e. The molecule has 1 aromatic heterocycles. The fraction of sp³-hybridized carbons (Fsp3) is 0.167. The number of amides is 1. The highest BCUT2D eigenvalue weighted by molar-refractivity contribution is 7.16. The van der Waals surface area contributed by atoms with Gasteiger partial charge in [-0.3, -0.25) is 5.32 Å². The third-order valence-corrected chi connectivity index (χ3v) is 3.76. The molecule has 0 saturated carbocycles. The van der Waals surface area contributed by atoms with Gasteiger partial charge >= 0.3 is 6.09 Å². The van der Waals surface area contributed by atoms with Crippen molar-refractivity contribution in [3.05, 3.63) is 45.3 Å². The normalized spacial score (nSPS) is 10.5. The van der Waals surface area contributed by atoms with Gasteiger partial charge in [-0.1, -0.05) is 17.7 Å². The predicted molar refractivity (Wildman–Crippen MR) is 72.7 cm³/mol.